The Balaban J connectivity index is 1.71. The molecule has 0 amide bonds. The van der Waals surface area contributed by atoms with Crippen molar-refractivity contribution in [2.45, 2.75) is 30.6 Å². The van der Waals surface area contributed by atoms with Gasteiger partial charge in [0.2, 0.25) is 0 Å². The number of benzene rings is 1. The number of nitrogens with one attached hydrogen (secondary N) is 1. The molecule has 13 heteroatoms. The van der Waals surface area contributed by atoms with Gasteiger partial charge in [-0.1, -0.05) is 17.7 Å². The van der Waals surface area contributed by atoms with Gasteiger partial charge in [-0.25, -0.2) is 9.97 Å². The lowest BCUT2D eigenvalue weighted by molar-refractivity contribution is 0.0950. The van der Waals surface area contributed by atoms with Gasteiger partial charge < -0.3 is 23.5 Å². The standard InChI is InChI=1S/C22H27ClN6O5S/c1-13(19(33-4)20-24-10-15(23)11-25-20)35(30)28-22-27-26-21(14-8-9-34-12-14)29(22)18-16(31-2)6-5-7-17(18)32-3/h5-7,10-11,13-14,19H,8-9,12H2,1-4H3,(H,27,28)/t13-,14+,19?,35?/m0/s1. The molecule has 1 aliphatic rings. The van der Waals surface area contributed by atoms with Gasteiger partial charge in [0, 0.05) is 32.0 Å². The minimum absolute atomic E-state index is 0.00715. The molecular weight excluding hydrogens is 496 g/mol. The summed E-state index contributed by atoms with van der Waals surface area (Å²) >= 11 is 4.24. The Labute approximate surface area is 211 Å². The van der Waals surface area contributed by atoms with Crippen molar-refractivity contribution in [3.05, 3.63) is 47.3 Å². The van der Waals surface area contributed by atoms with Crippen LogP contribution in [0.4, 0.5) is 5.95 Å². The van der Waals surface area contributed by atoms with E-state index in [0.29, 0.717) is 47.1 Å². The lowest BCUT2D eigenvalue weighted by Crippen LogP contribution is -2.33. The van der Waals surface area contributed by atoms with Gasteiger partial charge in [0.25, 0.3) is 5.95 Å². The fourth-order valence-electron chi connectivity index (χ4n) is 3.91. The summed E-state index contributed by atoms with van der Waals surface area (Å²) in [4.78, 5) is 8.43. The smallest absolute Gasteiger partial charge is 0.271 e. The van der Waals surface area contributed by atoms with Crippen LogP contribution in [0.1, 0.15) is 37.0 Å². The number of rotatable bonds is 10. The normalized spacial score (nSPS) is 18.2. The minimum Gasteiger partial charge on any atom is -0.593 e. The molecular formula is C22H27ClN6O5S. The largest absolute Gasteiger partial charge is 0.593 e. The predicted molar refractivity (Wildman–Crippen MR) is 131 cm³/mol. The summed E-state index contributed by atoms with van der Waals surface area (Å²) in [6, 6.07) is 5.45. The lowest BCUT2D eigenvalue weighted by atomic mass is 10.1. The fraction of sp³-hybridized carbons (Fsp3) is 0.455. The summed E-state index contributed by atoms with van der Waals surface area (Å²) in [6.45, 7) is 2.91. The van der Waals surface area contributed by atoms with Gasteiger partial charge in [-0.3, -0.25) is 4.57 Å². The molecule has 1 fully saturated rings. The lowest BCUT2D eigenvalue weighted by Gasteiger charge is -2.24. The van der Waals surface area contributed by atoms with Gasteiger partial charge in [0.15, 0.2) is 17.2 Å². The number of para-hydroxylation sites is 1. The highest BCUT2D eigenvalue weighted by Gasteiger charge is 2.35. The quantitative estimate of drug-likeness (QED) is 0.396. The van der Waals surface area contributed by atoms with Crippen LogP contribution < -0.4 is 14.2 Å². The van der Waals surface area contributed by atoms with Crippen LogP contribution in [-0.2, 0) is 20.8 Å². The average molecular weight is 523 g/mol. The van der Waals surface area contributed by atoms with Gasteiger partial charge in [-0.2, -0.15) is 4.72 Å². The van der Waals surface area contributed by atoms with E-state index in [2.05, 4.69) is 24.9 Å². The van der Waals surface area contributed by atoms with E-state index in [4.69, 9.17) is 30.5 Å². The van der Waals surface area contributed by atoms with Crippen molar-refractivity contribution in [2.75, 3.05) is 39.3 Å². The number of ether oxygens (including phenoxy) is 4. The van der Waals surface area contributed by atoms with Crippen LogP contribution >= 0.6 is 11.6 Å². The number of hydrogen-bond donors (Lipinski definition) is 1. The number of hydrogen-bond acceptors (Lipinski definition) is 10. The molecule has 2 unspecified atom stereocenters. The van der Waals surface area contributed by atoms with Gasteiger partial charge >= 0.3 is 0 Å². The van der Waals surface area contributed by atoms with Crippen LogP contribution in [0.5, 0.6) is 11.5 Å². The Bertz CT molecular complexity index is 1110. The number of nitrogens with zero attached hydrogens (tertiary/aromatic N) is 5. The van der Waals surface area contributed by atoms with E-state index in [1.165, 1.54) is 19.5 Å². The molecule has 4 atom stereocenters. The zero-order valence-electron chi connectivity index (χ0n) is 19.8. The van der Waals surface area contributed by atoms with Crippen LogP contribution in [0.25, 0.3) is 5.69 Å². The molecule has 4 rings (SSSR count). The first-order valence-corrected chi connectivity index (χ1v) is 12.5. The number of anilines is 1. The second-order valence-electron chi connectivity index (χ2n) is 7.81. The first-order chi connectivity index (χ1) is 17.0. The van der Waals surface area contributed by atoms with Crippen molar-refractivity contribution in [3.8, 4) is 17.2 Å². The Morgan fingerprint density at radius 1 is 1.17 bits per heavy atom. The molecule has 3 aromatic rings. The predicted octanol–water partition coefficient (Wildman–Crippen LogP) is 3.08. The summed E-state index contributed by atoms with van der Waals surface area (Å²) in [5.41, 5.74) is 0.598. The molecule has 1 N–H and O–H groups in total. The molecule has 35 heavy (non-hydrogen) atoms. The molecule has 188 valence electrons. The van der Waals surface area contributed by atoms with E-state index >= 15 is 0 Å². The van der Waals surface area contributed by atoms with Crippen molar-refractivity contribution >= 4 is 28.9 Å². The van der Waals surface area contributed by atoms with Crippen molar-refractivity contribution < 1.29 is 23.5 Å². The second-order valence-corrected chi connectivity index (χ2v) is 9.79. The highest BCUT2D eigenvalue weighted by Crippen LogP contribution is 2.38. The summed E-state index contributed by atoms with van der Waals surface area (Å²) < 4.78 is 40.6. The van der Waals surface area contributed by atoms with Crippen LogP contribution in [0.15, 0.2) is 30.6 Å². The molecule has 0 spiro atoms. The summed E-state index contributed by atoms with van der Waals surface area (Å²) in [5.74, 6) is 2.41. The number of methoxy groups -OCH3 is 3. The minimum atomic E-state index is -1.67. The molecule has 0 radical (unpaired) electrons. The third kappa shape index (κ3) is 5.31. The van der Waals surface area contributed by atoms with E-state index < -0.39 is 22.7 Å². The Hall–Kier alpha value is -2.64. The topological polar surface area (TPSA) is 128 Å². The van der Waals surface area contributed by atoms with E-state index in [9.17, 15) is 4.55 Å². The average Bonchev–Trinajstić information content (AvgIpc) is 3.55. The molecule has 3 heterocycles. The Kier molecular flexibility index (Phi) is 8.29. The van der Waals surface area contributed by atoms with Gasteiger partial charge in [-0.15, -0.1) is 10.2 Å². The summed E-state index contributed by atoms with van der Waals surface area (Å²) in [6.07, 6.45) is 3.08. The van der Waals surface area contributed by atoms with Crippen LogP contribution in [0, 0.1) is 0 Å². The zero-order chi connectivity index (χ0) is 24.9. The third-order valence-corrected chi connectivity index (χ3v) is 7.21. The first kappa shape index (κ1) is 25.5. The van der Waals surface area contributed by atoms with Gasteiger partial charge in [0.1, 0.15) is 23.0 Å². The maximum absolute atomic E-state index is 13.4. The van der Waals surface area contributed by atoms with Crippen molar-refractivity contribution in [2.24, 2.45) is 0 Å². The van der Waals surface area contributed by atoms with Crippen molar-refractivity contribution in [3.63, 3.8) is 0 Å². The third-order valence-electron chi connectivity index (χ3n) is 5.71. The first-order valence-electron chi connectivity index (χ1n) is 10.9. The van der Waals surface area contributed by atoms with E-state index in [1.807, 2.05) is 18.2 Å². The zero-order valence-corrected chi connectivity index (χ0v) is 21.4. The van der Waals surface area contributed by atoms with E-state index in [0.717, 1.165) is 6.42 Å². The molecule has 11 nitrogen and oxygen atoms in total. The van der Waals surface area contributed by atoms with Crippen molar-refractivity contribution in [1.29, 1.82) is 0 Å². The molecule has 0 aliphatic carbocycles. The highest BCUT2D eigenvalue weighted by molar-refractivity contribution is 7.93. The Morgan fingerprint density at radius 3 is 2.43 bits per heavy atom. The molecule has 2 aromatic heterocycles. The molecule has 1 saturated heterocycles. The molecule has 0 bridgehead atoms. The highest BCUT2D eigenvalue weighted by atomic mass is 35.5. The Morgan fingerprint density at radius 2 is 1.86 bits per heavy atom. The number of halogens is 1. The SMILES string of the molecule is COc1cccc(OC)c1-n1c(N[S+]([O-])[C@@H](C)C(OC)c2ncc(Cl)cn2)nnc1[C@@H]1CCOC1. The fourth-order valence-corrected chi connectivity index (χ4v) is 4.96. The monoisotopic (exact) mass is 522 g/mol. The molecule has 1 aromatic carbocycles. The second kappa shape index (κ2) is 11.4. The summed E-state index contributed by atoms with van der Waals surface area (Å²) in [5, 5.41) is 8.61. The van der Waals surface area contributed by atoms with Crippen LogP contribution in [-0.4, -0.2) is 69.1 Å². The maximum atomic E-state index is 13.4. The molecule has 1 aliphatic heterocycles. The van der Waals surface area contributed by atoms with Crippen LogP contribution in [0.2, 0.25) is 5.02 Å². The summed E-state index contributed by atoms with van der Waals surface area (Å²) in [7, 11) is 4.66. The van der Waals surface area contributed by atoms with Crippen LogP contribution in [0.3, 0.4) is 0 Å². The van der Waals surface area contributed by atoms with E-state index in [1.54, 1.807) is 25.7 Å². The van der Waals surface area contributed by atoms with Gasteiger partial charge in [-0.05, 0) is 25.5 Å². The molecule has 0 saturated carbocycles. The maximum Gasteiger partial charge on any atom is 0.271 e. The van der Waals surface area contributed by atoms with E-state index in [-0.39, 0.29) is 11.9 Å². The number of aromatic nitrogens is 5. The van der Waals surface area contributed by atoms with Gasteiger partial charge in [0.05, 0.1) is 37.2 Å². The van der Waals surface area contributed by atoms with Crippen molar-refractivity contribution in [1.82, 2.24) is 24.7 Å².